The summed E-state index contributed by atoms with van der Waals surface area (Å²) in [5.41, 5.74) is -0.113. The number of hydrogen-bond acceptors (Lipinski definition) is 3. The van der Waals surface area contributed by atoms with Gasteiger partial charge < -0.3 is 10.4 Å². The molecule has 2 atom stereocenters. The van der Waals surface area contributed by atoms with E-state index in [4.69, 9.17) is 0 Å². The molecule has 0 fully saturated rings. The van der Waals surface area contributed by atoms with Gasteiger partial charge in [-0.1, -0.05) is 27.7 Å². The number of aliphatic hydroxyl groups excluding tert-OH is 1. The molecule has 0 bridgehead atoms. The molecule has 0 saturated carbocycles. The minimum absolute atomic E-state index is 0.113. The van der Waals surface area contributed by atoms with E-state index in [2.05, 4.69) is 39.9 Å². The van der Waals surface area contributed by atoms with Crippen LogP contribution in [0.2, 0.25) is 0 Å². The predicted octanol–water partition coefficient (Wildman–Crippen LogP) is 2.51. The van der Waals surface area contributed by atoms with E-state index in [1.54, 1.807) is 0 Å². The van der Waals surface area contributed by atoms with E-state index in [9.17, 15) is 5.11 Å². The fraction of sp³-hybridized carbons (Fsp3) is 1.00. The van der Waals surface area contributed by atoms with Crippen molar-refractivity contribution in [1.29, 1.82) is 0 Å². The first-order valence-corrected chi connectivity index (χ1v) is 6.96. The van der Waals surface area contributed by atoms with Gasteiger partial charge in [0.25, 0.3) is 0 Å². The van der Waals surface area contributed by atoms with Crippen LogP contribution in [0, 0.1) is 5.92 Å². The van der Waals surface area contributed by atoms with E-state index in [1.165, 1.54) is 5.75 Å². The third-order valence-corrected chi connectivity index (χ3v) is 4.00. The van der Waals surface area contributed by atoms with Crippen molar-refractivity contribution in [3.63, 3.8) is 0 Å². The van der Waals surface area contributed by atoms with Gasteiger partial charge in [0.05, 0.1) is 6.61 Å². The van der Waals surface area contributed by atoms with E-state index in [-0.39, 0.29) is 12.1 Å². The van der Waals surface area contributed by atoms with Gasteiger partial charge in [0.1, 0.15) is 0 Å². The summed E-state index contributed by atoms with van der Waals surface area (Å²) in [4.78, 5) is 0. The summed E-state index contributed by atoms with van der Waals surface area (Å²) >= 11 is 2.00. The summed E-state index contributed by atoms with van der Waals surface area (Å²) < 4.78 is 0. The van der Waals surface area contributed by atoms with Gasteiger partial charge in [0.2, 0.25) is 0 Å². The Balaban J connectivity index is 3.94. The number of aliphatic hydroxyl groups is 1. The van der Waals surface area contributed by atoms with E-state index >= 15 is 0 Å². The zero-order chi connectivity index (χ0) is 11.9. The van der Waals surface area contributed by atoms with Crippen molar-refractivity contribution in [3.05, 3.63) is 0 Å². The van der Waals surface area contributed by atoms with Crippen molar-refractivity contribution >= 4 is 11.8 Å². The molecule has 0 aromatic rings. The molecule has 2 N–H and O–H groups in total. The third kappa shape index (κ3) is 7.20. The Morgan fingerprint density at radius 1 is 1.33 bits per heavy atom. The highest BCUT2D eigenvalue weighted by Crippen LogP contribution is 2.23. The molecule has 0 aromatic heterocycles. The van der Waals surface area contributed by atoms with Crippen molar-refractivity contribution < 1.29 is 5.11 Å². The molecule has 0 rings (SSSR count). The molecule has 15 heavy (non-hydrogen) atoms. The van der Waals surface area contributed by atoms with Gasteiger partial charge in [-0.25, -0.2) is 0 Å². The first-order valence-electron chi connectivity index (χ1n) is 5.91. The van der Waals surface area contributed by atoms with Crippen LogP contribution in [0.3, 0.4) is 0 Å². The van der Waals surface area contributed by atoms with Crippen molar-refractivity contribution in [3.8, 4) is 0 Å². The fourth-order valence-electron chi connectivity index (χ4n) is 1.67. The second-order valence-corrected chi connectivity index (χ2v) is 6.46. The van der Waals surface area contributed by atoms with E-state index in [0.717, 1.165) is 18.9 Å². The van der Waals surface area contributed by atoms with Crippen molar-refractivity contribution in [2.24, 2.45) is 5.92 Å². The van der Waals surface area contributed by atoms with Crippen molar-refractivity contribution in [2.75, 3.05) is 18.9 Å². The molecule has 0 radical (unpaired) electrons. The lowest BCUT2D eigenvalue weighted by molar-refractivity contribution is 0.168. The maximum Gasteiger partial charge on any atom is 0.0611 e. The summed E-state index contributed by atoms with van der Waals surface area (Å²) in [6.07, 6.45) is 1.02. The second kappa shape index (κ2) is 7.53. The number of likely N-dealkylation sites (N-methyl/N-ethyl adjacent to an activating group) is 1. The van der Waals surface area contributed by atoms with Crippen LogP contribution in [-0.4, -0.2) is 34.8 Å². The van der Waals surface area contributed by atoms with Gasteiger partial charge in [-0.15, -0.1) is 0 Å². The molecular formula is C12H27NOS. The molecule has 92 valence electrons. The lowest BCUT2D eigenvalue weighted by Gasteiger charge is -2.31. The Bertz CT molecular complexity index is 164. The zero-order valence-electron chi connectivity index (χ0n) is 10.8. The predicted molar refractivity (Wildman–Crippen MR) is 70.5 cm³/mol. The molecule has 0 heterocycles. The molecule has 0 spiro atoms. The molecule has 0 saturated heterocycles. The topological polar surface area (TPSA) is 32.3 Å². The lowest BCUT2D eigenvalue weighted by Crippen LogP contribution is -2.47. The average molecular weight is 233 g/mol. The van der Waals surface area contributed by atoms with Crippen molar-refractivity contribution in [2.45, 2.75) is 51.8 Å². The molecule has 2 nitrogen and oxygen atoms in total. The summed E-state index contributed by atoms with van der Waals surface area (Å²) in [7, 11) is 0. The smallest absolute Gasteiger partial charge is 0.0611 e. The molecule has 0 aliphatic rings. The first kappa shape index (κ1) is 15.3. The van der Waals surface area contributed by atoms with Crippen LogP contribution in [0.15, 0.2) is 0 Å². The SMILES string of the molecule is CCNC(C)(CO)CC(C)SCC(C)C. The fourth-order valence-corrected chi connectivity index (χ4v) is 2.87. The summed E-state index contributed by atoms with van der Waals surface area (Å²) in [6.45, 7) is 12.1. The molecule has 0 amide bonds. The number of nitrogens with one attached hydrogen (secondary N) is 1. The standard InChI is InChI=1S/C12H27NOS/c1-6-13-12(5,9-14)7-11(4)15-8-10(2)3/h10-11,13-14H,6-9H2,1-5H3. The summed E-state index contributed by atoms with van der Waals surface area (Å²) in [5, 5.41) is 13.3. The zero-order valence-corrected chi connectivity index (χ0v) is 11.7. The molecule has 3 heteroatoms. The van der Waals surface area contributed by atoms with Crippen LogP contribution in [0.5, 0.6) is 0 Å². The Morgan fingerprint density at radius 2 is 1.93 bits per heavy atom. The van der Waals surface area contributed by atoms with E-state index < -0.39 is 0 Å². The molecule has 0 aromatic carbocycles. The van der Waals surface area contributed by atoms with Gasteiger partial charge >= 0.3 is 0 Å². The van der Waals surface area contributed by atoms with Crippen LogP contribution in [0.1, 0.15) is 41.0 Å². The summed E-state index contributed by atoms with van der Waals surface area (Å²) in [5.74, 6) is 1.95. The van der Waals surface area contributed by atoms with Gasteiger partial charge in [0, 0.05) is 10.8 Å². The second-order valence-electron chi connectivity index (χ2n) is 4.99. The van der Waals surface area contributed by atoms with Crippen LogP contribution < -0.4 is 5.32 Å². The van der Waals surface area contributed by atoms with Crippen LogP contribution in [-0.2, 0) is 0 Å². The van der Waals surface area contributed by atoms with Crippen molar-refractivity contribution in [1.82, 2.24) is 5.32 Å². The average Bonchev–Trinajstić information content (AvgIpc) is 2.15. The van der Waals surface area contributed by atoms with Gasteiger partial charge in [-0.2, -0.15) is 11.8 Å². The van der Waals surface area contributed by atoms with Crippen LogP contribution in [0.25, 0.3) is 0 Å². The quantitative estimate of drug-likeness (QED) is 0.676. The maximum atomic E-state index is 9.37. The normalized spacial score (nSPS) is 17.8. The highest BCUT2D eigenvalue weighted by Gasteiger charge is 2.24. The largest absolute Gasteiger partial charge is 0.394 e. The number of hydrogen-bond donors (Lipinski definition) is 2. The number of rotatable bonds is 8. The third-order valence-electron chi connectivity index (χ3n) is 2.40. The molecule has 0 aliphatic carbocycles. The maximum absolute atomic E-state index is 9.37. The first-order chi connectivity index (χ1) is 6.93. The number of thioether (sulfide) groups is 1. The molecular weight excluding hydrogens is 206 g/mol. The Labute approximate surface area is 99.2 Å². The molecule has 2 unspecified atom stereocenters. The highest BCUT2D eigenvalue weighted by molar-refractivity contribution is 7.99. The Hall–Kier alpha value is 0.270. The highest BCUT2D eigenvalue weighted by atomic mass is 32.2. The van der Waals surface area contributed by atoms with Gasteiger partial charge in [0.15, 0.2) is 0 Å². The van der Waals surface area contributed by atoms with Crippen LogP contribution in [0.4, 0.5) is 0 Å². The summed E-state index contributed by atoms with van der Waals surface area (Å²) in [6, 6.07) is 0. The molecule has 0 aliphatic heterocycles. The lowest BCUT2D eigenvalue weighted by atomic mass is 9.97. The van der Waals surface area contributed by atoms with Crippen LogP contribution >= 0.6 is 11.8 Å². The van der Waals surface area contributed by atoms with Gasteiger partial charge in [-0.3, -0.25) is 0 Å². The van der Waals surface area contributed by atoms with Gasteiger partial charge in [-0.05, 0) is 31.6 Å². The minimum Gasteiger partial charge on any atom is -0.394 e. The van der Waals surface area contributed by atoms with E-state index in [0.29, 0.717) is 5.25 Å². The monoisotopic (exact) mass is 233 g/mol. The Morgan fingerprint density at radius 3 is 2.33 bits per heavy atom. The minimum atomic E-state index is -0.113. The Kier molecular flexibility index (Phi) is 7.66. The van der Waals surface area contributed by atoms with E-state index in [1.807, 2.05) is 11.8 Å².